The van der Waals surface area contributed by atoms with E-state index in [1.165, 1.54) is 32.1 Å². The molecule has 0 spiro atoms. The minimum Gasteiger partial charge on any atom is -0.389 e. The van der Waals surface area contributed by atoms with Crippen LogP contribution < -0.4 is 0 Å². The summed E-state index contributed by atoms with van der Waals surface area (Å²) in [5, 5.41) is 10.0. The Morgan fingerprint density at radius 3 is 2.55 bits per heavy atom. The molecule has 2 aliphatic rings. The Morgan fingerprint density at radius 2 is 2.00 bits per heavy atom. The fourth-order valence-corrected chi connectivity index (χ4v) is 2.88. The molecule has 1 N–H and O–H groups in total. The van der Waals surface area contributed by atoms with E-state index in [-0.39, 0.29) is 5.60 Å². The van der Waals surface area contributed by atoms with Gasteiger partial charge in [0.25, 0.3) is 0 Å². The highest BCUT2D eigenvalue weighted by Crippen LogP contribution is 2.62. The molecular weight excluding hydrogens is 136 g/mol. The maximum Gasteiger partial charge on any atom is 0.0711 e. The van der Waals surface area contributed by atoms with Crippen molar-refractivity contribution in [1.29, 1.82) is 0 Å². The third-order valence-electron chi connectivity index (χ3n) is 3.62. The second kappa shape index (κ2) is 2.48. The summed E-state index contributed by atoms with van der Waals surface area (Å²) >= 11 is 0. The Kier molecular flexibility index (Phi) is 1.71. The second-order valence-electron chi connectivity index (χ2n) is 4.24. The van der Waals surface area contributed by atoms with Gasteiger partial charge in [-0.1, -0.05) is 26.2 Å². The molecule has 1 heteroatoms. The molecule has 11 heavy (non-hydrogen) atoms. The predicted molar refractivity (Wildman–Crippen MR) is 45.3 cm³/mol. The zero-order valence-corrected chi connectivity index (χ0v) is 7.34. The first-order valence-electron chi connectivity index (χ1n) is 5.01. The van der Waals surface area contributed by atoms with E-state index in [0.29, 0.717) is 11.8 Å². The van der Waals surface area contributed by atoms with E-state index in [0.717, 1.165) is 6.42 Å². The van der Waals surface area contributed by atoms with Crippen molar-refractivity contribution >= 4 is 0 Å². The summed E-state index contributed by atoms with van der Waals surface area (Å²) in [5.74, 6) is 1.41. The van der Waals surface area contributed by atoms with Crippen LogP contribution in [0.15, 0.2) is 0 Å². The van der Waals surface area contributed by atoms with Crippen LogP contribution in [0, 0.1) is 11.8 Å². The molecule has 0 heterocycles. The largest absolute Gasteiger partial charge is 0.389 e. The first kappa shape index (κ1) is 7.60. The van der Waals surface area contributed by atoms with E-state index in [9.17, 15) is 5.11 Å². The van der Waals surface area contributed by atoms with Crippen molar-refractivity contribution < 1.29 is 5.11 Å². The Morgan fingerprint density at radius 1 is 1.36 bits per heavy atom. The molecule has 0 aromatic carbocycles. The van der Waals surface area contributed by atoms with Gasteiger partial charge in [0.15, 0.2) is 0 Å². The van der Waals surface area contributed by atoms with E-state index in [1.54, 1.807) is 0 Å². The highest BCUT2D eigenvalue weighted by atomic mass is 16.3. The lowest BCUT2D eigenvalue weighted by molar-refractivity contribution is 0.0942. The van der Waals surface area contributed by atoms with Crippen LogP contribution in [-0.4, -0.2) is 10.7 Å². The van der Waals surface area contributed by atoms with Crippen LogP contribution in [-0.2, 0) is 0 Å². The molecule has 2 fully saturated rings. The van der Waals surface area contributed by atoms with Crippen molar-refractivity contribution in [2.75, 3.05) is 0 Å². The smallest absolute Gasteiger partial charge is 0.0711 e. The van der Waals surface area contributed by atoms with Gasteiger partial charge in [0, 0.05) is 0 Å². The topological polar surface area (TPSA) is 20.2 Å². The van der Waals surface area contributed by atoms with Gasteiger partial charge in [-0.3, -0.25) is 0 Å². The molecule has 0 amide bonds. The van der Waals surface area contributed by atoms with E-state index < -0.39 is 0 Å². The molecule has 2 unspecified atom stereocenters. The highest BCUT2D eigenvalue weighted by Gasteiger charge is 2.64. The number of hydrogen-bond donors (Lipinski definition) is 1. The molecule has 0 bridgehead atoms. The molecular formula is C10H18O. The fourth-order valence-electron chi connectivity index (χ4n) is 2.88. The normalized spacial score (nSPS) is 47.5. The van der Waals surface area contributed by atoms with Crippen molar-refractivity contribution in [3.8, 4) is 0 Å². The quantitative estimate of drug-likeness (QED) is 0.661. The van der Waals surface area contributed by atoms with Crippen LogP contribution in [0.1, 0.15) is 45.4 Å². The molecule has 0 aromatic heterocycles. The molecule has 0 aromatic rings. The minimum absolute atomic E-state index is 0.186. The lowest BCUT2D eigenvalue weighted by Gasteiger charge is -2.12. The molecule has 0 aliphatic heterocycles. The number of hydrogen-bond acceptors (Lipinski definition) is 1. The molecule has 2 atom stereocenters. The van der Waals surface area contributed by atoms with E-state index in [4.69, 9.17) is 0 Å². The maximum atomic E-state index is 10.0. The molecule has 2 aliphatic carbocycles. The van der Waals surface area contributed by atoms with Crippen LogP contribution >= 0.6 is 0 Å². The van der Waals surface area contributed by atoms with Crippen molar-refractivity contribution in [2.45, 2.75) is 51.0 Å². The number of aliphatic hydroxyl groups is 1. The average Bonchev–Trinajstić information content (AvgIpc) is 2.50. The Hall–Kier alpha value is -0.0400. The van der Waals surface area contributed by atoms with Gasteiger partial charge in [0.05, 0.1) is 5.60 Å². The van der Waals surface area contributed by atoms with Crippen LogP contribution in [0.4, 0.5) is 0 Å². The predicted octanol–water partition coefficient (Wildman–Crippen LogP) is 2.34. The Bertz CT molecular complexity index is 143. The first-order chi connectivity index (χ1) is 5.29. The SMILES string of the molecule is CCCCC1(O)C2CCCC21. The van der Waals surface area contributed by atoms with Crippen LogP contribution in [0.25, 0.3) is 0 Å². The van der Waals surface area contributed by atoms with E-state index >= 15 is 0 Å². The van der Waals surface area contributed by atoms with Gasteiger partial charge in [-0.2, -0.15) is 0 Å². The molecule has 0 radical (unpaired) electrons. The van der Waals surface area contributed by atoms with Crippen LogP contribution in [0.3, 0.4) is 0 Å². The van der Waals surface area contributed by atoms with E-state index in [1.807, 2.05) is 0 Å². The molecule has 64 valence electrons. The van der Waals surface area contributed by atoms with Crippen molar-refractivity contribution in [3.05, 3.63) is 0 Å². The molecule has 0 saturated heterocycles. The lowest BCUT2D eigenvalue weighted by Crippen LogP contribution is -2.14. The van der Waals surface area contributed by atoms with Gasteiger partial charge in [0.2, 0.25) is 0 Å². The summed E-state index contributed by atoms with van der Waals surface area (Å²) < 4.78 is 0. The molecule has 2 rings (SSSR count). The summed E-state index contributed by atoms with van der Waals surface area (Å²) in [6.07, 6.45) is 7.46. The van der Waals surface area contributed by atoms with Gasteiger partial charge < -0.3 is 5.11 Å². The monoisotopic (exact) mass is 154 g/mol. The minimum atomic E-state index is -0.186. The number of fused-ring (bicyclic) bond motifs is 1. The Balaban J connectivity index is 1.85. The summed E-state index contributed by atoms with van der Waals surface area (Å²) in [6.45, 7) is 2.20. The average molecular weight is 154 g/mol. The second-order valence-corrected chi connectivity index (χ2v) is 4.24. The van der Waals surface area contributed by atoms with Gasteiger partial charge in [-0.25, -0.2) is 0 Å². The van der Waals surface area contributed by atoms with Crippen LogP contribution in [0.5, 0.6) is 0 Å². The van der Waals surface area contributed by atoms with Crippen LogP contribution in [0.2, 0.25) is 0 Å². The lowest BCUT2D eigenvalue weighted by atomic mass is 10.0. The fraction of sp³-hybridized carbons (Fsp3) is 1.00. The summed E-state index contributed by atoms with van der Waals surface area (Å²) in [5.41, 5.74) is -0.186. The van der Waals surface area contributed by atoms with Crippen molar-refractivity contribution in [1.82, 2.24) is 0 Å². The standard InChI is InChI=1S/C10H18O/c1-2-3-7-10(11)8-5-4-6-9(8)10/h8-9,11H,2-7H2,1H3. The van der Waals surface area contributed by atoms with Crippen molar-refractivity contribution in [3.63, 3.8) is 0 Å². The number of rotatable bonds is 3. The van der Waals surface area contributed by atoms with Gasteiger partial charge in [0.1, 0.15) is 0 Å². The van der Waals surface area contributed by atoms with Gasteiger partial charge in [-0.05, 0) is 31.1 Å². The third kappa shape index (κ3) is 1.01. The van der Waals surface area contributed by atoms with E-state index in [2.05, 4.69) is 6.92 Å². The zero-order valence-electron chi connectivity index (χ0n) is 7.34. The summed E-state index contributed by atoms with van der Waals surface area (Å²) in [4.78, 5) is 0. The maximum absolute atomic E-state index is 10.0. The molecule has 2 saturated carbocycles. The zero-order chi connectivity index (χ0) is 7.90. The van der Waals surface area contributed by atoms with Gasteiger partial charge >= 0.3 is 0 Å². The molecule has 1 nitrogen and oxygen atoms in total. The van der Waals surface area contributed by atoms with Crippen molar-refractivity contribution in [2.24, 2.45) is 11.8 Å². The first-order valence-corrected chi connectivity index (χ1v) is 5.01. The van der Waals surface area contributed by atoms with Gasteiger partial charge in [-0.15, -0.1) is 0 Å². The highest BCUT2D eigenvalue weighted by molar-refractivity contribution is 5.14. The summed E-state index contributed by atoms with van der Waals surface area (Å²) in [6, 6.07) is 0. The Labute approximate surface area is 68.8 Å². The summed E-state index contributed by atoms with van der Waals surface area (Å²) in [7, 11) is 0. The third-order valence-corrected chi connectivity index (χ3v) is 3.62. The number of unbranched alkanes of at least 4 members (excludes halogenated alkanes) is 1.